The van der Waals surface area contributed by atoms with Gasteiger partial charge >= 0.3 is 5.63 Å². The minimum Gasteiger partial charge on any atom is -0.422 e. The van der Waals surface area contributed by atoms with Crippen molar-refractivity contribution in [3.05, 3.63) is 90.7 Å². The van der Waals surface area contributed by atoms with Crippen LogP contribution in [0.25, 0.3) is 27.8 Å². The summed E-state index contributed by atoms with van der Waals surface area (Å²) in [7, 11) is 0. The number of nitriles is 1. The highest BCUT2D eigenvalue weighted by Gasteiger charge is 2.15. The number of anilines is 1. The van der Waals surface area contributed by atoms with Crippen molar-refractivity contribution in [3.8, 4) is 17.3 Å². The molecule has 2 heterocycles. The number of nitro groups is 1. The smallest absolute Gasteiger partial charge is 0.345 e. The first-order valence-corrected chi connectivity index (χ1v) is 10.4. The first-order chi connectivity index (χ1) is 15.4. The minimum absolute atomic E-state index is 0.108. The molecule has 2 aromatic carbocycles. The van der Waals surface area contributed by atoms with Crippen molar-refractivity contribution in [2.24, 2.45) is 0 Å². The number of nitro benzene ring substituents is 1. The lowest BCUT2D eigenvalue weighted by Gasteiger charge is -2.06. The molecule has 0 saturated carbocycles. The van der Waals surface area contributed by atoms with Crippen LogP contribution in [-0.4, -0.2) is 9.91 Å². The van der Waals surface area contributed by atoms with Crippen LogP contribution in [-0.2, 0) is 0 Å². The summed E-state index contributed by atoms with van der Waals surface area (Å²) < 4.78 is 5.30. The van der Waals surface area contributed by atoms with Gasteiger partial charge in [0.25, 0.3) is 5.69 Å². The number of hydrogen-bond acceptors (Lipinski definition) is 8. The SMILES string of the molecule is Cc1ccc(N/C=C(/C#N)c2nc(-c3cc4cc([N+](=O)[O-])ccc4oc3=O)cs2)c(C)c1. The van der Waals surface area contributed by atoms with Gasteiger partial charge in [-0.2, -0.15) is 5.26 Å². The molecule has 0 unspecified atom stereocenters. The van der Waals surface area contributed by atoms with Gasteiger partial charge in [0.2, 0.25) is 0 Å². The third-order valence-electron chi connectivity index (χ3n) is 4.81. The Labute approximate surface area is 186 Å². The van der Waals surface area contributed by atoms with Crippen molar-refractivity contribution in [1.82, 2.24) is 4.98 Å². The molecule has 32 heavy (non-hydrogen) atoms. The highest BCUT2D eigenvalue weighted by Crippen LogP contribution is 2.28. The molecule has 9 heteroatoms. The normalized spacial score (nSPS) is 11.3. The second kappa shape index (κ2) is 8.45. The van der Waals surface area contributed by atoms with E-state index >= 15 is 0 Å². The lowest BCUT2D eigenvalue weighted by molar-refractivity contribution is -0.384. The molecule has 0 bridgehead atoms. The molecule has 0 aliphatic rings. The molecule has 0 saturated heterocycles. The summed E-state index contributed by atoms with van der Waals surface area (Å²) in [6.07, 6.45) is 1.58. The standard InChI is InChI=1S/C23H16N4O4S/c1-13-3-5-19(14(2)7-13)25-11-16(10-24)22-26-20(12-32-22)18-9-15-8-17(27(29)30)4-6-21(15)31-23(18)28/h3-9,11-12,25H,1-2H3/b16-11-. The van der Waals surface area contributed by atoms with E-state index in [2.05, 4.69) is 16.4 Å². The van der Waals surface area contributed by atoms with Gasteiger partial charge in [0.15, 0.2) is 0 Å². The van der Waals surface area contributed by atoms with Gasteiger partial charge in [-0.05, 0) is 37.6 Å². The number of rotatable bonds is 5. The monoisotopic (exact) mass is 444 g/mol. The third-order valence-corrected chi connectivity index (χ3v) is 5.69. The van der Waals surface area contributed by atoms with E-state index in [4.69, 9.17) is 4.42 Å². The van der Waals surface area contributed by atoms with Crippen LogP contribution < -0.4 is 10.9 Å². The first kappa shape index (κ1) is 21.0. The minimum atomic E-state index is -0.612. The average Bonchev–Trinajstić information content (AvgIpc) is 3.24. The summed E-state index contributed by atoms with van der Waals surface area (Å²) in [5, 5.41) is 26.2. The fourth-order valence-corrected chi connectivity index (χ4v) is 3.98. The summed E-state index contributed by atoms with van der Waals surface area (Å²) in [6, 6.07) is 13.6. The Hall–Kier alpha value is -4.29. The van der Waals surface area contributed by atoms with E-state index in [9.17, 15) is 20.2 Å². The number of thiazole rings is 1. The van der Waals surface area contributed by atoms with E-state index in [0.717, 1.165) is 16.8 Å². The lowest BCUT2D eigenvalue weighted by atomic mass is 10.1. The van der Waals surface area contributed by atoms with Crippen LogP contribution in [0.2, 0.25) is 0 Å². The molecule has 0 fully saturated rings. The summed E-state index contributed by atoms with van der Waals surface area (Å²) >= 11 is 1.21. The molecule has 0 amide bonds. The molecule has 0 radical (unpaired) electrons. The van der Waals surface area contributed by atoms with Gasteiger partial charge in [-0.3, -0.25) is 10.1 Å². The molecular formula is C23H16N4O4S. The summed E-state index contributed by atoms with van der Waals surface area (Å²) in [5.41, 5.74) is 3.39. The Bertz CT molecular complexity index is 1490. The lowest BCUT2D eigenvalue weighted by Crippen LogP contribution is -2.03. The Balaban J connectivity index is 1.68. The zero-order chi connectivity index (χ0) is 22.8. The number of allylic oxidation sites excluding steroid dienone is 1. The molecule has 4 aromatic rings. The topological polar surface area (TPSA) is 122 Å². The second-order valence-electron chi connectivity index (χ2n) is 7.10. The van der Waals surface area contributed by atoms with Crippen LogP contribution in [0, 0.1) is 35.3 Å². The van der Waals surface area contributed by atoms with Crippen LogP contribution in [0.3, 0.4) is 0 Å². The van der Waals surface area contributed by atoms with E-state index in [-0.39, 0.29) is 16.8 Å². The highest BCUT2D eigenvalue weighted by molar-refractivity contribution is 7.11. The summed E-state index contributed by atoms with van der Waals surface area (Å²) in [5.74, 6) is 0. The van der Waals surface area contributed by atoms with Crippen LogP contribution in [0.15, 0.2) is 63.3 Å². The van der Waals surface area contributed by atoms with E-state index < -0.39 is 10.5 Å². The van der Waals surface area contributed by atoms with Crippen LogP contribution in [0.4, 0.5) is 11.4 Å². The third kappa shape index (κ3) is 4.12. The van der Waals surface area contributed by atoms with Gasteiger partial charge in [-0.25, -0.2) is 9.78 Å². The number of non-ortho nitro benzene ring substituents is 1. The van der Waals surface area contributed by atoms with E-state index in [1.807, 2.05) is 32.0 Å². The van der Waals surface area contributed by atoms with Crippen molar-refractivity contribution in [3.63, 3.8) is 0 Å². The number of nitrogens with zero attached hydrogens (tertiary/aromatic N) is 3. The van der Waals surface area contributed by atoms with Crippen molar-refractivity contribution < 1.29 is 9.34 Å². The Morgan fingerprint density at radius 1 is 1.25 bits per heavy atom. The van der Waals surface area contributed by atoms with Crippen molar-refractivity contribution in [1.29, 1.82) is 5.26 Å². The first-order valence-electron chi connectivity index (χ1n) is 9.48. The number of aryl methyl sites for hydroxylation is 2. The zero-order valence-corrected chi connectivity index (χ0v) is 17.9. The Morgan fingerprint density at radius 3 is 2.78 bits per heavy atom. The summed E-state index contributed by atoms with van der Waals surface area (Å²) in [6.45, 7) is 3.98. The van der Waals surface area contributed by atoms with Crippen LogP contribution in [0.1, 0.15) is 16.1 Å². The van der Waals surface area contributed by atoms with Gasteiger partial charge in [0, 0.05) is 34.8 Å². The molecule has 4 rings (SSSR count). The Kier molecular flexibility index (Phi) is 5.54. The predicted octanol–water partition coefficient (Wildman–Crippen LogP) is 5.42. The molecule has 1 N–H and O–H groups in total. The van der Waals surface area contributed by atoms with Gasteiger partial charge in [0.05, 0.1) is 16.2 Å². The van der Waals surface area contributed by atoms with Gasteiger partial charge in [0.1, 0.15) is 22.2 Å². The highest BCUT2D eigenvalue weighted by atomic mass is 32.1. The Morgan fingerprint density at radius 2 is 2.06 bits per heavy atom. The maximum atomic E-state index is 12.4. The van der Waals surface area contributed by atoms with Crippen molar-refractivity contribution >= 4 is 39.3 Å². The van der Waals surface area contributed by atoms with Gasteiger partial charge in [-0.15, -0.1) is 11.3 Å². The molecule has 8 nitrogen and oxygen atoms in total. The second-order valence-corrected chi connectivity index (χ2v) is 7.96. The maximum Gasteiger partial charge on any atom is 0.345 e. The molecule has 0 aliphatic carbocycles. The van der Waals surface area contributed by atoms with Gasteiger partial charge in [-0.1, -0.05) is 17.7 Å². The molecule has 0 atom stereocenters. The molecule has 2 aromatic heterocycles. The number of nitrogens with one attached hydrogen (secondary N) is 1. The molecular weight excluding hydrogens is 428 g/mol. The largest absolute Gasteiger partial charge is 0.422 e. The fraction of sp³-hybridized carbons (Fsp3) is 0.0870. The number of hydrogen-bond donors (Lipinski definition) is 1. The van der Waals surface area contributed by atoms with Crippen molar-refractivity contribution in [2.45, 2.75) is 13.8 Å². The molecule has 0 aliphatic heterocycles. The molecule has 0 spiro atoms. The van der Waals surface area contributed by atoms with Crippen LogP contribution >= 0.6 is 11.3 Å². The number of benzene rings is 2. The zero-order valence-electron chi connectivity index (χ0n) is 17.1. The van der Waals surface area contributed by atoms with Crippen LogP contribution in [0.5, 0.6) is 0 Å². The van der Waals surface area contributed by atoms with E-state index in [1.54, 1.807) is 11.6 Å². The fourth-order valence-electron chi connectivity index (χ4n) is 3.19. The maximum absolute atomic E-state index is 12.4. The number of fused-ring (bicyclic) bond motifs is 1. The predicted molar refractivity (Wildman–Crippen MR) is 123 cm³/mol. The van der Waals surface area contributed by atoms with Gasteiger partial charge < -0.3 is 9.73 Å². The van der Waals surface area contributed by atoms with Crippen molar-refractivity contribution in [2.75, 3.05) is 5.32 Å². The summed E-state index contributed by atoms with van der Waals surface area (Å²) in [4.78, 5) is 27.4. The van der Waals surface area contributed by atoms with E-state index in [1.165, 1.54) is 35.6 Å². The van der Waals surface area contributed by atoms with E-state index in [0.29, 0.717) is 21.7 Å². The number of aromatic nitrogens is 1. The molecule has 158 valence electrons. The quantitative estimate of drug-likeness (QED) is 0.189. The average molecular weight is 444 g/mol.